The van der Waals surface area contributed by atoms with Gasteiger partial charge in [-0.1, -0.05) is 0 Å². The summed E-state index contributed by atoms with van der Waals surface area (Å²) in [6.45, 7) is 1.34. The summed E-state index contributed by atoms with van der Waals surface area (Å²) in [4.78, 5) is 0. The molecule has 0 amide bonds. The molecular weight excluding hydrogens is 188 g/mol. The van der Waals surface area contributed by atoms with Gasteiger partial charge in [-0.15, -0.1) is 0 Å². The van der Waals surface area contributed by atoms with E-state index in [0.29, 0.717) is 13.2 Å². The molecular formula is C5H10O2S3. The van der Waals surface area contributed by atoms with Gasteiger partial charge in [-0.25, -0.2) is 0 Å². The normalized spacial score (nSPS) is 26.8. The van der Waals surface area contributed by atoms with Crippen LogP contribution in [0.3, 0.4) is 0 Å². The van der Waals surface area contributed by atoms with Gasteiger partial charge in [-0.05, 0) is 19.3 Å². The van der Waals surface area contributed by atoms with Gasteiger partial charge in [0.1, 0.15) is 7.71 Å². The van der Waals surface area contributed by atoms with E-state index in [1.54, 1.807) is 0 Å². The first-order valence-electron chi connectivity index (χ1n) is 3.24. The Balaban J connectivity index is 2.46. The summed E-state index contributed by atoms with van der Waals surface area (Å²) < 4.78 is 10.3. The number of hydrogen-bond donors (Lipinski definition) is 0. The Morgan fingerprint density at radius 3 is 1.90 bits per heavy atom. The Morgan fingerprint density at radius 2 is 1.40 bits per heavy atom. The molecule has 5 heteroatoms. The summed E-state index contributed by atoms with van der Waals surface area (Å²) in [5, 5.41) is 0. The van der Waals surface area contributed by atoms with Crippen LogP contribution in [0.1, 0.15) is 19.3 Å². The summed E-state index contributed by atoms with van der Waals surface area (Å²) in [7, 11) is -1.98. The summed E-state index contributed by atoms with van der Waals surface area (Å²) in [6, 6.07) is 0. The van der Waals surface area contributed by atoms with Gasteiger partial charge in [-0.3, -0.25) is 8.37 Å². The zero-order chi connectivity index (χ0) is 7.45. The van der Waals surface area contributed by atoms with Crippen molar-refractivity contribution in [3.8, 4) is 0 Å². The molecule has 10 heavy (non-hydrogen) atoms. The predicted octanol–water partition coefficient (Wildman–Crippen LogP) is 1.11. The van der Waals surface area contributed by atoms with Crippen molar-refractivity contribution in [1.29, 1.82) is 0 Å². The van der Waals surface area contributed by atoms with Crippen LogP contribution in [0.5, 0.6) is 0 Å². The van der Waals surface area contributed by atoms with E-state index < -0.39 is 7.71 Å². The van der Waals surface area contributed by atoms with E-state index in [1.165, 1.54) is 0 Å². The molecule has 0 unspecified atom stereocenters. The van der Waals surface area contributed by atoms with Crippen LogP contribution in [0.25, 0.3) is 0 Å². The Kier molecular flexibility index (Phi) is 3.45. The summed E-state index contributed by atoms with van der Waals surface area (Å²) >= 11 is 9.79. The van der Waals surface area contributed by atoms with E-state index in [1.807, 2.05) is 0 Å². The molecule has 0 spiro atoms. The second-order valence-electron chi connectivity index (χ2n) is 2.11. The highest BCUT2D eigenvalue weighted by Crippen LogP contribution is 2.07. The summed E-state index contributed by atoms with van der Waals surface area (Å²) in [5.41, 5.74) is 0. The molecule has 0 aromatic rings. The molecule has 0 aromatic heterocycles. The largest absolute Gasteiger partial charge is 0.290 e. The van der Waals surface area contributed by atoms with Gasteiger partial charge in [0.05, 0.1) is 13.2 Å². The first kappa shape index (κ1) is 8.80. The van der Waals surface area contributed by atoms with E-state index >= 15 is 0 Å². The molecule has 1 heterocycles. The lowest BCUT2D eigenvalue weighted by Crippen LogP contribution is -2.12. The van der Waals surface area contributed by atoms with E-state index in [-0.39, 0.29) is 0 Å². The van der Waals surface area contributed by atoms with Crippen molar-refractivity contribution in [1.82, 2.24) is 0 Å². The Bertz CT molecular complexity index is 171. The summed E-state index contributed by atoms with van der Waals surface area (Å²) in [5.74, 6) is 0. The molecule has 60 valence electrons. The van der Waals surface area contributed by atoms with Crippen LogP contribution in [0.2, 0.25) is 0 Å². The average molecular weight is 198 g/mol. The SMILES string of the molecule is S=S1(=S)OCCCCCO1. The lowest BCUT2D eigenvalue weighted by atomic mass is 10.2. The van der Waals surface area contributed by atoms with Gasteiger partial charge in [-0.2, -0.15) is 0 Å². The zero-order valence-corrected chi connectivity index (χ0v) is 8.03. The zero-order valence-electron chi connectivity index (χ0n) is 5.58. The van der Waals surface area contributed by atoms with Gasteiger partial charge in [0.25, 0.3) is 0 Å². The standard InChI is InChI=1S/C5H10O2S3/c8-10(9)6-4-2-1-3-5-7-10/h1-5H2. The van der Waals surface area contributed by atoms with Crippen LogP contribution in [0.15, 0.2) is 0 Å². The average Bonchev–Trinajstić information content (AvgIpc) is 1.81. The van der Waals surface area contributed by atoms with Gasteiger partial charge in [0, 0.05) is 22.4 Å². The third-order valence-electron chi connectivity index (χ3n) is 1.24. The predicted molar refractivity (Wildman–Crippen MR) is 47.9 cm³/mol. The van der Waals surface area contributed by atoms with Crippen molar-refractivity contribution in [2.75, 3.05) is 13.2 Å². The highest BCUT2D eigenvalue weighted by Gasteiger charge is 2.05. The first-order chi connectivity index (χ1) is 4.71. The van der Waals surface area contributed by atoms with E-state index in [4.69, 9.17) is 30.7 Å². The number of rotatable bonds is 0. The Morgan fingerprint density at radius 1 is 0.900 bits per heavy atom. The van der Waals surface area contributed by atoms with Gasteiger partial charge < -0.3 is 0 Å². The molecule has 2 nitrogen and oxygen atoms in total. The third-order valence-corrected chi connectivity index (χ3v) is 3.31. The molecule has 1 fully saturated rings. The maximum absolute atomic E-state index is 5.16. The van der Waals surface area contributed by atoms with Crippen LogP contribution in [-0.2, 0) is 38.5 Å². The van der Waals surface area contributed by atoms with Crippen molar-refractivity contribution in [2.24, 2.45) is 0 Å². The Hall–Kier alpha value is 0.710. The molecule has 1 aliphatic heterocycles. The fourth-order valence-corrected chi connectivity index (χ4v) is 2.27. The molecule has 1 saturated heterocycles. The molecule has 0 bridgehead atoms. The third kappa shape index (κ3) is 3.21. The van der Waals surface area contributed by atoms with Crippen LogP contribution in [0, 0.1) is 0 Å². The van der Waals surface area contributed by atoms with Crippen LogP contribution in [-0.4, -0.2) is 13.2 Å². The van der Waals surface area contributed by atoms with Crippen molar-refractivity contribution < 1.29 is 8.37 Å². The van der Waals surface area contributed by atoms with Crippen LogP contribution < -0.4 is 0 Å². The Labute approximate surface area is 71.1 Å². The van der Waals surface area contributed by atoms with Crippen LogP contribution in [0.4, 0.5) is 0 Å². The minimum atomic E-state index is -1.98. The van der Waals surface area contributed by atoms with Crippen molar-refractivity contribution in [2.45, 2.75) is 19.3 Å². The molecule has 0 aromatic carbocycles. The molecule has 0 aliphatic carbocycles. The second-order valence-corrected chi connectivity index (χ2v) is 6.67. The minimum absolute atomic E-state index is 0.669. The second kappa shape index (κ2) is 3.92. The fourth-order valence-electron chi connectivity index (χ4n) is 0.737. The maximum Gasteiger partial charge on any atom is 0.137 e. The van der Waals surface area contributed by atoms with Gasteiger partial charge in [0.15, 0.2) is 0 Å². The smallest absolute Gasteiger partial charge is 0.137 e. The van der Waals surface area contributed by atoms with Gasteiger partial charge >= 0.3 is 0 Å². The first-order valence-corrected chi connectivity index (χ1v) is 6.58. The molecule has 0 atom stereocenters. The minimum Gasteiger partial charge on any atom is -0.290 e. The van der Waals surface area contributed by atoms with Crippen LogP contribution >= 0.6 is 0 Å². The monoisotopic (exact) mass is 198 g/mol. The van der Waals surface area contributed by atoms with E-state index in [9.17, 15) is 0 Å². The topological polar surface area (TPSA) is 18.5 Å². The van der Waals surface area contributed by atoms with E-state index in [0.717, 1.165) is 19.3 Å². The van der Waals surface area contributed by atoms with E-state index in [2.05, 4.69) is 0 Å². The molecule has 1 aliphatic rings. The van der Waals surface area contributed by atoms with Crippen molar-refractivity contribution in [3.05, 3.63) is 0 Å². The van der Waals surface area contributed by atoms with Gasteiger partial charge in [0.2, 0.25) is 0 Å². The molecule has 0 saturated carbocycles. The lowest BCUT2D eigenvalue weighted by Gasteiger charge is -2.14. The summed E-state index contributed by atoms with van der Waals surface area (Å²) in [6.07, 6.45) is 3.27. The highest BCUT2D eigenvalue weighted by molar-refractivity contribution is 8.51. The molecule has 1 rings (SSSR count). The molecule has 0 radical (unpaired) electrons. The highest BCUT2D eigenvalue weighted by atomic mass is 33.1. The quantitative estimate of drug-likeness (QED) is 0.580. The lowest BCUT2D eigenvalue weighted by molar-refractivity contribution is 0.241. The fraction of sp³-hybridized carbons (Fsp3) is 1.00. The van der Waals surface area contributed by atoms with Crippen molar-refractivity contribution >= 4 is 30.1 Å². The maximum atomic E-state index is 5.16. The number of hydrogen-bond acceptors (Lipinski definition) is 4. The molecule has 0 N–H and O–H groups in total. The van der Waals surface area contributed by atoms with Crippen molar-refractivity contribution in [3.63, 3.8) is 0 Å².